The molecule has 1 atom stereocenters. The Balaban J connectivity index is 0. The van der Waals surface area contributed by atoms with Gasteiger partial charge in [0.1, 0.15) is 13.1 Å². The topological polar surface area (TPSA) is 113 Å². The number of nitrogens with zero attached hydrogens (tertiary/aromatic N) is 1. The first-order valence-corrected chi connectivity index (χ1v) is 13.7. The van der Waals surface area contributed by atoms with Gasteiger partial charge in [0.25, 0.3) is 0 Å². The van der Waals surface area contributed by atoms with Crippen LogP contribution in [0.2, 0.25) is 0 Å². The number of rotatable bonds is 20. The van der Waals surface area contributed by atoms with Gasteiger partial charge in [-0.1, -0.05) is 84.0 Å². The molecule has 0 aliphatic rings. The molecule has 1 N–H and O–H groups in total. The first-order chi connectivity index (χ1) is 15.1. The van der Waals surface area contributed by atoms with Gasteiger partial charge in [0, 0.05) is 12.8 Å². The highest BCUT2D eigenvalue weighted by Gasteiger charge is 2.15. The minimum atomic E-state index is -4.41. The van der Waals surface area contributed by atoms with E-state index in [1.54, 1.807) is 7.05 Å². The third kappa shape index (κ3) is 29.3. The third-order valence-electron chi connectivity index (χ3n) is 5.42. The number of carbonyl (C=O) groups is 1. The Hall–Kier alpha value is -0.740. The van der Waals surface area contributed by atoms with Crippen molar-refractivity contribution in [1.82, 2.24) is 0 Å². The van der Waals surface area contributed by atoms with Crippen LogP contribution in [0.4, 0.5) is 0 Å². The first kappa shape index (κ1) is 33.4. The molecule has 0 radical (unpaired) electrons. The number of unbranched alkanes of at least 4 members (excludes halogenated alkanes) is 12. The molecule has 0 fully saturated rings. The van der Waals surface area contributed by atoms with E-state index in [-0.39, 0.29) is 10.6 Å². The zero-order valence-corrected chi connectivity index (χ0v) is 21.8. The smallest absolute Gasteiger partial charge is 0.305 e. The molecule has 0 aromatic rings. The largest absolute Gasteiger partial charge is 0.726 e. The van der Waals surface area contributed by atoms with Gasteiger partial charge in [-0.25, -0.2) is 13.6 Å². The molecule has 0 rings (SSSR count). The lowest BCUT2D eigenvalue weighted by molar-refractivity contribution is -1.09. The van der Waals surface area contributed by atoms with Crippen molar-refractivity contribution in [2.45, 2.75) is 110 Å². The number of ether oxygens (including phenoxy) is 1. The van der Waals surface area contributed by atoms with Gasteiger partial charge in [-0.2, -0.15) is 4.65 Å². The summed E-state index contributed by atoms with van der Waals surface area (Å²) in [5.41, 5.74) is 0. The standard InChI is InChI=1S/C22H46NO3.CH4O4S/c1-4-6-7-8-9-10-11-12-13-14-15-16-17-19-22(24)26-21-18-20-23(3,25)5-2;1-5-6(2,3)4/h25H,4-21H2,1-3H3;1H3,(H,2,3,4)/q+1;/p-1. The van der Waals surface area contributed by atoms with E-state index in [4.69, 9.17) is 4.74 Å². The molecule has 0 spiro atoms. The van der Waals surface area contributed by atoms with Crippen molar-refractivity contribution in [3.8, 4) is 0 Å². The fraction of sp³-hybridized carbons (Fsp3) is 0.957. The van der Waals surface area contributed by atoms with Crippen LogP contribution < -0.4 is 0 Å². The Kier molecular flexibility index (Phi) is 23.1. The van der Waals surface area contributed by atoms with E-state index in [9.17, 15) is 23.0 Å². The van der Waals surface area contributed by atoms with Crippen molar-refractivity contribution in [3.63, 3.8) is 0 Å². The van der Waals surface area contributed by atoms with Crippen LogP contribution in [-0.4, -0.2) is 62.6 Å². The van der Waals surface area contributed by atoms with Gasteiger partial charge in [-0.05, 0) is 13.3 Å². The molecule has 0 saturated heterocycles. The third-order valence-corrected chi connectivity index (χ3v) is 5.83. The minimum absolute atomic E-state index is 0.00356. The molecule has 32 heavy (non-hydrogen) atoms. The van der Waals surface area contributed by atoms with Gasteiger partial charge in [0.15, 0.2) is 0 Å². The molecule has 8 nitrogen and oxygen atoms in total. The maximum Gasteiger partial charge on any atom is 0.305 e. The SMILES string of the molecule is CCCCCCCCCCCCCCCC(=O)OCCC[N+](C)(O)CC.COS(=O)(=O)[O-]. The van der Waals surface area contributed by atoms with E-state index >= 15 is 0 Å². The van der Waals surface area contributed by atoms with Crippen LogP contribution in [0.3, 0.4) is 0 Å². The molecule has 0 amide bonds. The monoisotopic (exact) mass is 483 g/mol. The Morgan fingerprint density at radius 2 is 1.25 bits per heavy atom. The lowest BCUT2D eigenvalue weighted by atomic mass is 10.0. The molecule has 0 heterocycles. The lowest BCUT2D eigenvalue weighted by Gasteiger charge is -2.23. The molecule has 1 unspecified atom stereocenters. The molecule has 0 aromatic heterocycles. The summed E-state index contributed by atoms with van der Waals surface area (Å²) in [6, 6.07) is 0. The highest BCUT2D eigenvalue weighted by Crippen LogP contribution is 2.13. The van der Waals surface area contributed by atoms with E-state index in [0.717, 1.165) is 20.0 Å². The predicted octanol–water partition coefficient (Wildman–Crippen LogP) is 5.35. The summed E-state index contributed by atoms with van der Waals surface area (Å²) in [6.07, 6.45) is 18.3. The Labute approximate surface area is 197 Å². The second kappa shape index (κ2) is 22.1. The number of hydrogen-bond acceptors (Lipinski definition) is 7. The predicted molar refractivity (Wildman–Crippen MR) is 126 cm³/mol. The van der Waals surface area contributed by atoms with Gasteiger partial charge in [-0.15, -0.1) is 0 Å². The summed E-state index contributed by atoms with van der Waals surface area (Å²) < 4.78 is 36.2. The molecule has 0 bridgehead atoms. The lowest BCUT2D eigenvalue weighted by Crippen LogP contribution is -2.41. The first-order valence-electron chi connectivity index (χ1n) is 12.3. The normalized spacial score (nSPS) is 13.2. The van der Waals surface area contributed by atoms with Crippen molar-refractivity contribution in [1.29, 1.82) is 0 Å². The van der Waals surface area contributed by atoms with Crippen LogP contribution in [0.1, 0.15) is 110 Å². The molecular formula is C23H49NO7S. The van der Waals surface area contributed by atoms with Crippen LogP contribution in [0.15, 0.2) is 0 Å². The fourth-order valence-corrected chi connectivity index (χ4v) is 3.11. The van der Waals surface area contributed by atoms with Crippen LogP contribution in [0.25, 0.3) is 0 Å². The van der Waals surface area contributed by atoms with Gasteiger partial charge >= 0.3 is 5.97 Å². The molecule has 0 saturated carbocycles. The summed E-state index contributed by atoms with van der Waals surface area (Å²) in [6.45, 7) is 5.94. The van der Waals surface area contributed by atoms with Crippen LogP contribution in [0, 0.1) is 0 Å². The van der Waals surface area contributed by atoms with E-state index in [1.807, 2.05) is 6.92 Å². The van der Waals surface area contributed by atoms with Crippen LogP contribution in [0.5, 0.6) is 0 Å². The van der Waals surface area contributed by atoms with Crippen molar-refractivity contribution >= 4 is 16.4 Å². The van der Waals surface area contributed by atoms with E-state index in [0.29, 0.717) is 32.5 Å². The Morgan fingerprint density at radius 1 is 0.844 bits per heavy atom. The summed E-state index contributed by atoms with van der Waals surface area (Å²) in [4.78, 5) is 11.6. The highest BCUT2D eigenvalue weighted by molar-refractivity contribution is 7.80. The molecule has 0 aromatic carbocycles. The average Bonchev–Trinajstić information content (AvgIpc) is 2.74. The maximum absolute atomic E-state index is 11.6. The number of esters is 1. The van der Waals surface area contributed by atoms with Crippen molar-refractivity contribution < 1.29 is 36.5 Å². The number of quaternary nitrogens is 1. The zero-order chi connectivity index (χ0) is 24.7. The van der Waals surface area contributed by atoms with Crippen molar-refractivity contribution in [2.24, 2.45) is 0 Å². The minimum Gasteiger partial charge on any atom is -0.726 e. The molecule has 0 aliphatic heterocycles. The maximum atomic E-state index is 11.6. The van der Waals surface area contributed by atoms with Crippen LogP contribution >= 0.6 is 0 Å². The van der Waals surface area contributed by atoms with Crippen molar-refractivity contribution in [3.05, 3.63) is 0 Å². The van der Waals surface area contributed by atoms with Gasteiger partial charge in [-0.3, -0.25) is 8.98 Å². The number of hydroxylamine groups is 3. The van der Waals surface area contributed by atoms with Gasteiger partial charge < -0.3 is 9.29 Å². The van der Waals surface area contributed by atoms with E-state index in [2.05, 4.69) is 11.1 Å². The Morgan fingerprint density at radius 3 is 1.62 bits per heavy atom. The second-order valence-electron chi connectivity index (χ2n) is 8.52. The molecule has 9 heteroatoms. The quantitative estimate of drug-likeness (QED) is 0.0620. The van der Waals surface area contributed by atoms with Crippen molar-refractivity contribution in [2.75, 3.05) is 33.9 Å². The Bertz CT molecular complexity index is 524. The van der Waals surface area contributed by atoms with Crippen LogP contribution in [-0.2, 0) is 24.1 Å². The van der Waals surface area contributed by atoms with E-state index < -0.39 is 10.4 Å². The second-order valence-corrected chi connectivity index (χ2v) is 9.67. The fourth-order valence-electron chi connectivity index (χ4n) is 3.11. The zero-order valence-electron chi connectivity index (χ0n) is 21.0. The molecule has 0 aliphatic carbocycles. The van der Waals surface area contributed by atoms with Gasteiger partial charge in [0.05, 0.1) is 20.8 Å². The summed E-state index contributed by atoms with van der Waals surface area (Å²) in [5.74, 6) is -0.0864. The number of hydrogen-bond donors (Lipinski definition) is 1. The number of carbonyl (C=O) groups excluding carboxylic acids is 1. The average molecular weight is 484 g/mol. The summed E-state index contributed by atoms with van der Waals surface area (Å²) in [7, 11) is -1.83. The van der Waals surface area contributed by atoms with E-state index in [1.165, 1.54) is 70.6 Å². The van der Waals surface area contributed by atoms with Gasteiger partial charge in [0.2, 0.25) is 10.4 Å². The summed E-state index contributed by atoms with van der Waals surface area (Å²) in [5, 5.41) is 9.82. The summed E-state index contributed by atoms with van der Waals surface area (Å²) >= 11 is 0. The molecular weight excluding hydrogens is 434 g/mol. The molecule has 194 valence electrons. The highest BCUT2D eigenvalue weighted by atomic mass is 32.3.